The van der Waals surface area contributed by atoms with Crippen LogP contribution in [0.4, 0.5) is 0 Å². The van der Waals surface area contributed by atoms with E-state index in [2.05, 4.69) is 66.7 Å². The number of benzene rings is 5. The largest absolute Gasteiger partial charge is 0.508 e. The molecule has 13 N–H and O–H groups in total. The molecule has 125 heavy (non-hydrogen) atoms. The number of carbonyl (C=O) groups is 3. The average molecular weight is 1730 g/mol. The molecule has 5 aliphatic carbocycles. The van der Waals surface area contributed by atoms with Gasteiger partial charge in [-0.05, 0) is 285 Å². The van der Waals surface area contributed by atoms with Gasteiger partial charge in [-0.3, -0.25) is 0 Å². The zero-order valence-electron chi connectivity index (χ0n) is 76.7. The molecule has 0 spiro atoms. The van der Waals surface area contributed by atoms with Gasteiger partial charge < -0.3 is 90.1 Å². The first kappa shape index (κ1) is 96.6. The van der Waals surface area contributed by atoms with Crippen molar-refractivity contribution in [1.29, 1.82) is 0 Å². The fourth-order valence-corrected chi connectivity index (χ4v) is 22.5. The third-order valence-electron chi connectivity index (χ3n) is 29.1. The van der Waals surface area contributed by atoms with Crippen LogP contribution in [0.1, 0.15) is 355 Å². The molecule has 15 rings (SSSR count). The first-order valence-electron chi connectivity index (χ1n) is 46.1. The summed E-state index contributed by atoms with van der Waals surface area (Å²) < 4.78 is 30.6. The van der Waals surface area contributed by atoms with E-state index in [1.54, 1.807) is 39.0 Å². The second kappa shape index (κ2) is 38.5. The number of hydrogen-bond donors (Lipinski definition) is 13. The van der Waals surface area contributed by atoms with E-state index in [0.29, 0.717) is 108 Å². The van der Waals surface area contributed by atoms with Crippen LogP contribution in [0, 0.1) is 29.6 Å². The third kappa shape index (κ3) is 19.3. The maximum Gasteiger partial charge on any atom is 0.339 e. The van der Waals surface area contributed by atoms with Gasteiger partial charge in [0.2, 0.25) is 0 Å². The van der Waals surface area contributed by atoms with Crippen molar-refractivity contribution in [2.75, 3.05) is 0 Å². The van der Waals surface area contributed by atoms with Crippen LogP contribution in [-0.4, -0.2) is 143 Å². The molecular weight excluding hydrogens is 1590 g/mol. The van der Waals surface area contributed by atoms with Crippen LogP contribution < -0.4 is 23.7 Å². The van der Waals surface area contributed by atoms with Gasteiger partial charge in [-0.25, -0.2) is 14.4 Å². The number of allylic oxidation sites excluding steroid dienone is 5. The Labute approximate surface area is 740 Å². The Morgan fingerprint density at radius 1 is 0.328 bits per heavy atom. The number of hydrogen-bond acceptors (Lipinski definition) is 18. The van der Waals surface area contributed by atoms with Crippen LogP contribution in [-0.2, 0) is 32.1 Å². The summed E-state index contributed by atoms with van der Waals surface area (Å²) in [5, 5.41) is 137. The van der Waals surface area contributed by atoms with E-state index in [9.17, 15) is 80.8 Å². The van der Waals surface area contributed by atoms with Crippen molar-refractivity contribution >= 4 is 17.9 Å². The van der Waals surface area contributed by atoms with Gasteiger partial charge in [-0.2, -0.15) is 0 Å². The fraction of sp³-hybridized carbons (Fsp3) is 0.587. The molecule has 5 aromatic carbocycles. The number of rotatable bonds is 24. The summed E-state index contributed by atoms with van der Waals surface area (Å²) >= 11 is 0. The topological polar surface area (TPSA) is 360 Å². The molecule has 5 saturated carbocycles. The van der Waals surface area contributed by atoms with Crippen LogP contribution in [0.2, 0.25) is 0 Å². The van der Waals surface area contributed by atoms with Crippen LogP contribution >= 0.6 is 0 Å². The molecule has 5 fully saturated rings. The number of ether oxygens (including phenoxy) is 5. The molecule has 0 radical (unpaired) electrons. The lowest BCUT2D eigenvalue weighted by Crippen LogP contribution is -2.50. The normalized spacial score (nSPS) is 30.4. The molecular formula is C104H142O21. The van der Waals surface area contributed by atoms with E-state index >= 15 is 0 Å². The number of aryl methyl sites for hydroxylation is 5. The summed E-state index contributed by atoms with van der Waals surface area (Å²) in [6, 6.07) is 12.9. The molecule has 21 nitrogen and oxygen atoms in total. The van der Waals surface area contributed by atoms with Crippen LogP contribution in [0.15, 0.2) is 103 Å². The fourth-order valence-electron chi connectivity index (χ4n) is 22.5. The van der Waals surface area contributed by atoms with E-state index in [-0.39, 0.29) is 111 Å². The molecule has 0 bridgehead atoms. The molecule has 684 valence electrons. The number of aromatic hydroxyl groups is 5. The number of phenolic OH excluding ortho intramolecular Hbond substituents is 3. The molecule has 21 heteroatoms. The SMILES string of the molecule is C=C(C)[C@@H]1CC[C@](C)(O)[C@H]2Oc3c(C(=O)O)c(CCCCC)cc(O)c3[C@@H]12.C=C(C)[C@@H]1CC[C@](C)(O)[C@H]2Oc3cc(CCC)c(C(=O)O)c(O)c3[C@@H]12.C=C(C)[C@@H]1CC[C@](C)(O)[C@H]2Oc3cc(CCC)cc(O)c3[C@@H]12.C=C(C)[C@@H]1CC[C@](C)(O)[C@H]2Oc3cc(CCCCC)c(C(=O)O)c(O)c3[C@@H]12.C=C(C)[C@@H]1CC[C@](C)(O)[C@H]2Oc3cc(CCCCC)cc(O)c3[C@@H]12. The number of carboxylic acids is 3. The van der Waals surface area contributed by atoms with Crippen LogP contribution in [0.5, 0.6) is 57.5 Å². The standard InChI is InChI=1S/2C22H30O5.C21H30O3.C20H26O5.C19H26O3/c1-5-6-7-8-13-11-15-18(19(23)16(13)21(24)25)17-14(12(2)3)9-10-22(4,26)20(17)27-15;1-5-6-7-8-13-11-15(23)18-17-14(12(2)3)9-10-22(4,26)20(17)27-19(18)16(13)21(24)25;1-5-6-7-8-14-11-16(22)19-17(12-14)24-20-18(19)15(13(2)3)9-10-21(20,4)23;1-5-6-11-9-13-16(17(21)14(11)19(22)23)15-12(10(2)3)7-8-20(4,24)18(15)25-13;1-5-6-12-9-14(20)17-15(10-12)22-18-16(17)13(11(2)3)7-8-19(18,4)21/h2*11,14,17,20,23,26H,2,5-10H2,1,3-4H3,(H,24,25);11-12,15,18,20,22-23H,2,5-10H2,1,3-4H3;9,12,15,18,21,24H,2,5-8H2,1,3-4H3,(H,22,23);9-10,13,16,18,20-21H,2,5-8H2,1,3-4H3/t2*14-,17+,20-,22-;15-,18+,20-,21-;12-,15+,18-,20-;13-,16+,18-,19-/m00000/s1. The van der Waals surface area contributed by atoms with Gasteiger partial charge in [-0.1, -0.05) is 147 Å². The predicted octanol–water partition coefficient (Wildman–Crippen LogP) is 21.1. The predicted molar refractivity (Wildman–Crippen MR) is 486 cm³/mol. The lowest BCUT2D eigenvalue weighted by Gasteiger charge is -2.42. The van der Waals surface area contributed by atoms with E-state index < -0.39 is 64.2 Å². The number of carboxylic acid groups (broad SMARTS) is 3. The molecule has 20 atom stereocenters. The van der Waals surface area contributed by atoms with Crippen molar-refractivity contribution in [2.24, 2.45) is 29.6 Å². The third-order valence-corrected chi connectivity index (χ3v) is 29.1. The summed E-state index contributed by atoms with van der Waals surface area (Å²) in [7, 11) is 0. The van der Waals surface area contributed by atoms with Gasteiger partial charge >= 0.3 is 17.9 Å². The Kier molecular flexibility index (Phi) is 29.8. The summed E-state index contributed by atoms with van der Waals surface area (Å²) in [5.41, 5.74) is 7.47. The maximum absolute atomic E-state index is 12.1. The van der Waals surface area contributed by atoms with Crippen molar-refractivity contribution in [3.63, 3.8) is 0 Å². The van der Waals surface area contributed by atoms with Crippen molar-refractivity contribution < 1.29 is 104 Å². The zero-order valence-corrected chi connectivity index (χ0v) is 76.7. The van der Waals surface area contributed by atoms with Gasteiger partial charge in [0.15, 0.2) is 0 Å². The highest BCUT2D eigenvalue weighted by atomic mass is 16.5. The first-order chi connectivity index (χ1) is 58.8. The minimum absolute atomic E-state index is 0.00748. The summed E-state index contributed by atoms with van der Waals surface area (Å²) in [6.45, 7) is 49.7. The Morgan fingerprint density at radius 3 is 0.896 bits per heavy atom. The van der Waals surface area contributed by atoms with E-state index in [4.69, 9.17) is 23.7 Å². The molecule has 5 aliphatic heterocycles. The summed E-state index contributed by atoms with van der Waals surface area (Å²) in [4.78, 5) is 35.7. The number of unbranched alkanes of at least 4 members (excludes halogenated alkanes) is 6. The Hall–Kier alpha value is -8.99. The lowest BCUT2D eigenvalue weighted by atomic mass is 9.66. The van der Waals surface area contributed by atoms with Gasteiger partial charge in [0.1, 0.15) is 105 Å². The summed E-state index contributed by atoms with van der Waals surface area (Å²) in [5.74, 6) is -0.599. The summed E-state index contributed by atoms with van der Waals surface area (Å²) in [6.07, 6.45) is 19.4. The minimum atomic E-state index is -1.14. The van der Waals surface area contributed by atoms with E-state index in [1.807, 2.05) is 73.6 Å². The molecule has 5 aromatic rings. The smallest absolute Gasteiger partial charge is 0.339 e. The molecule has 10 aliphatic rings. The highest BCUT2D eigenvalue weighted by molar-refractivity contribution is 5.96. The molecule has 0 unspecified atom stereocenters. The van der Waals surface area contributed by atoms with Gasteiger partial charge in [0, 0.05) is 57.4 Å². The Bertz CT molecular complexity index is 4870. The molecule has 0 saturated heterocycles. The first-order valence-corrected chi connectivity index (χ1v) is 46.1. The highest BCUT2D eigenvalue weighted by Crippen LogP contribution is 2.63. The van der Waals surface area contributed by atoms with Crippen LogP contribution in [0.25, 0.3) is 0 Å². The van der Waals surface area contributed by atoms with Gasteiger partial charge in [0.25, 0.3) is 0 Å². The zero-order chi connectivity index (χ0) is 91.9. The van der Waals surface area contributed by atoms with Crippen molar-refractivity contribution in [3.8, 4) is 57.5 Å². The van der Waals surface area contributed by atoms with Crippen molar-refractivity contribution in [3.05, 3.63) is 176 Å². The molecule has 0 amide bonds. The average Bonchev–Trinajstić information content (AvgIpc) is 1.57. The minimum Gasteiger partial charge on any atom is -0.508 e. The second-order valence-corrected chi connectivity index (χ2v) is 39.4. The van der Waals surface area contributed by atoms with Crippen LogP contribution in [0.3, 0.4) is 0 Å². The molecule has 0 aromatic heterocycles. The Balaban J connectivity index is 0.000000152. The van der Waals surface area contributed by atoms with Gasteiger partial charge in [0.05, 0.1) is 28.0 Å². The number of aromatic carboxylic acids is 3. The van der Waals surface area contributed by atoms with Crippen molar-refractivity contribution in [2.45, 2.75) is 359 Å². The van der Waals surface area contributed by atoms with Gasteiger partial charge in [-0.15, -0.1) is 0 Å². The molecule has 5 heterocycles. The highest BCUT2D eigenvalue weighted by Gasteiger charge is 2.60. The maximum atomic E-state index is 12.1. The number of fused-ring (bicyclic) bond motifs is 15. The van der Waals surface area contributed by atoms with E-state index in [0.717, 1.165) is 164 Å². The number of aliphatic hydroxyl groups is 5. The number of phenols is 5. The van der Waals surface area contributed by atoms with Crippen molar-refractivity contribution in [1.82, 2.24) is 0 Å². The monoisotopic (exact) mass is 1730 g/mol. The van der Waals surface area contributed by atoms with E-state index in [1.165, 1.54) is 12.8 Å². The second-order valence-electron chi connectivity index (χ2n) is 39.4. The Morgan fingerprint density at radius 2 is 0.592 bits per heavy atom. The lowest BCUT2D eigenvalue weighted by molar-refractivity contribution is -0.0827. The quantitative estimate of drug-likeness (QED) is 0.0202.